The molecule has 38 heavy (non-hydrogen) atoms. The number of carbonyl (C=O) groups is 1. The van der Waals surface area contributed by atoms with E-state index in [1.54, 1.807) is 6.07 Å². The largest absolute Gasteiger partial charge is 0.493 e. The van der Waals surface area contributed by atoms with Crippen molar-refractivity contribution in [1.82, 2.24) is 4.90 Å². The molecule has 3 aromatic carbocycles. The highest BCUT2D eigenvalue weighted by atomic mass is 35.5. The highest BCUT2D eigenvalue weighted by molar-refractivity contribution is 7.90. The molecule has 11 heteroatoms. The molecule has 0 aliphatic heterocycles. The van der Waals surface area contributed by atoms with Gasteiger partial charge in [-0.1, -0.05) is 54.1 Å². The summed E-state index contributed by atoms with van der Waals surface area (Å²) in [6.45, 7) is 1.17. The molecule has 204 valence electrons. The van der Waals surface area contributed by atoms with Crippen LogP contribution in [0, 0.1) is 5.82 Å². The van der Waals surface area contributed by atoms with Crippen LogP contribution in [0.4, 0.5) is 17.6 Å². The molecule has 0 atom stereocenters. The standard InChI is InChI=1S/C27H26ClF4NO4S/c1-38(35,36)25-16-21(15-24(29)22(25)18-34)37-14-6-12-33(13-11-19-7-3-2-4-8-19)17-20-9-5-10-23(26(20)28)27(30,31)32/h2-5,7-10,15-16,18H,6,11-14,17H2,1H3. The minimum Gasteiger partial charge on any atom is -0.493 e. The molecule has 0 radical (unpaired) electrons. The van der Waals surface area contributed by atoms with Gasteiger partial charge in [-0.05, 0) is 36.1 Å². The molecule has 0 saturated heterocycles. The second-order valence-corrected chi connectivity index (χ2v) is 11.1. The summed E-state index contributed by atoms with van der Waals surface area (Å²) in [5.74, 6) is -1.06. The Hall–Kier alpha value is -2.95. The fraction of sp³-hybridized carbons (Fsp3) is 0.296. The van der Waals surface area contributed by atoms with Crippen LogP contribution < -0.4 is 4.74 Å². The molecule has 0 heterocycles. The van der Waals surface area contributed by atoms with E-state index in [-0.39, 0.29) is 30.2 Å². The first kappa shape index (κ1) is 29.6. The van der Waals surface area contributed by atoms with Crippen LogP contribution in [0.25, 0.3) is 0 Å². The van der Waals surface area contributed by atoms with Gasteiger partial charge >= 0.3 is 6.18 Å². The highest BCUT2D eigenvalue weighted by Gasteiger charge is 2.34. The molecule has 3 rings (SSSR count). The van der Waals surface area contributed by atoms with Crippen LogP contribution in [0.3, 0.4) is 0 Å². The zero-order valence-electron chi connectivity index (χ0n) is 20.5. The molecule has 0 fully saturated rings. The van der Waals surface area contributed by atoms with E-state index < -0.39 is 37.9 Å². The Morgan fingerprint density at radius 3 is 2.37 bits per heavy atom. The molecule has 0 N–H and O–H groups in total. The van der Waals surface area contributed by atoms with Gasteiger partial charge < -0.3 is 4.74 Å². The Morgan fingerprint density at radius 2 is 1.74 bits per heavy atom. The first-order chi connectivity index (χ1) is 17.9. The van der Waals surface area contributed by atoms with Crippen molar-refractivity contribution in [2.75, 3.05) is 26.0 Å². The molecule has 0 spiro atoms. The first-order valence-corrected chi connectivity index (χ1v) is 13.9. The zero-order valence-corrected chi connectivity index (χ0v) is 22.0. The lowest BCUT2D eigenvalue weighted by atomic mass is 10.1. The number of halogens is 5. The summed E-state index contributed by atoms with van der Waals surface area (Å²) in [5, 5.41) is -0.347. The minimum atomic E-state index is -4.57. The van der Waals surface area contributed by atoms with E-state index in [1.165, 1.54) is 6.07 Å². The Labute approximate surface area is 223 Å². The number of alkyl halides is 3. The smallest absolute Gasteiger partial charge is 0.417 e. The molecule has 0 aliphatic carbocycles. The third-order valence-electron chi connectivity index (χ3n) is 5.81. The van der Waals surface area contributed by atoms with Crippen molar-refractivity contribution in [1.29, 1.82) is 0 Å². The van der Waals surface area contributed by atoms with Gasteiger partial charge in [-0.3, -0.25) is 9.69 Å². The maximum atomic E-state index is 14.3. The van der Waals surface area contributed by atoms with E-state index in [0.717, 1.165) is 30.0 Å². The highest BCUT2D eigenvalue weighted by Crippen LogP contribution is 2.36. The third-order valence-corrected chi connectivity index (χ3v) is 7.39. The van der Waals surface area contributed by atoms with Crippen molar-refractivity contribution in [3.63, 3.8) is 0 Å². The van der Waals surface area contributed by atoms with Gasteiger partial charge in [-0.15, -0.1) is 0 Å². The SMILES string of the molecule is CS(=O)(=O)c1cc(OCCCN(CCc2ccccc2)Cc2cccc(C(F)(F)F)c2Cl)cc(F)c1C=O. The summed E-state index contributed by atoms with van der Waals surface area (Å²) >= 11 is 6.11. The second-order valence-electron chi connectivity index (χ2n) is 8.70. The van der Waals surface area contributed by atoms with Crippen molar-refractivity contribution >= 4 is 27.7 Å². The number of benzene rings is 3. The average Bonchev–Trinajstić information content (AvgIpc) is 2.85. The summed E-state index contributed by atoms with van der Waals surface area (Å²) in [7, 11) is -3.87. The molecule has 3 aromatic rings. The van der Waals surface area contributed by atoms with Crippen LogP contribution >= 0.6 is 11.6 Å². The van der Waals surface area contributed by atoms with E-state index in [2.05, 4.69) is 0 Å². The topological polar surface area (TPSA) is 63.7 Å². The Balaban J connectivity index is 1.71. The molecular weight excluding hydrogens is 546 g/mol. The van der Waals surface area contributed by atoms with Gasteiger partial charge in [0, 0.05) is 32.0 Å². The van der Waals surface area contributed by atoms with Crippen LogP contribution in [0.5, 0.6) is 5.75 Å². The number of sulfone groups is 1. The summed E-state index contributed by atoms with van der Waals surface area (Å²) in [6.07, 6.45) is -2.53. The molecule has 0 aromatic heterocycles. The van der Waals surface area contributed by atoms with E-state index in [1.807, 2.05) is 35.2 Å². The molecular formula is C27H26ClF4NO4S. The first-order valence-electron chi connectivity index (χ1n) is 11.6. The molecule has 0 aliphatic rings. The van der Waals surface area contributed by atoms with Crippen LogP contribution in [-0.2, 0) is 29.0 Å². The van der Waals surface area contributed by atoms with Crippen LogP contribution in [0.15, 0.2) is 65.6 Å². The van der Waals surface area contributed by atoms with Crippen molar-refractivity contribution in [3.8, 4) is 5.75 Å². The summed E-state index contributed by atoms with van der Waals surface area (Å²) in [4.78, 5) is 12.6. The number of hydrogen-bond donors (Lipinski definition) is 0. The lowest BCUT2D eigenvalue weighted by Gasteiger charge is -2.24. The number of aldehydes is 1. The predicted octanol–water partition coefficient (Wildman–Crippen LogP) is 6.23. The fourth-order valence-electron chi connectivity index (χ4n) is 3.92. The minimum absolute atomic E-state index is 0.0507. The van der Waals surface area contributed by atoms with Gasteiger partial charge in [0.1, 0.15) is 11.6 Å². The number of nitrogens with zero attached hydrogens (tertiary/aromatic N) is 1. The molecule has 0 bridgehead atoms. The van der Waals surface area contributed by atoms with Gasteiger partial charge in [0.2, 0.25) is 0 Å². The Kier molecular flexibility index (Phi) is 9.92. The quantitative estimate of drug-likeness (QED) is 0.147. The lowest BCUT2D eigenvalue weighted by Crippen LogP contribution is -2.28. The number of rotatable bonds is 12. The maximum Gasteiger partial charge on any atom is 0.417 e. The molecule has 0 amide bonds. The van der Waals surface area contributed by atoms with Crippen molar-refractivity contribution in [2.24, 2.45) is 0 Å². The maximum absolute atomic E-state index is 14.3. The van der Waals surface area contributed by atoms with E-state index in [4.69, 9.17) is 16.3 Å². The Bertz CT molecular complexity index is 1370. The van der Waals surface area contributed by atoms with Gasteiger partial charge in [0.05, 0.1) is 27.7 Å². The fourth-order valence-corrected chi connectivity index (χ4v) is 5.08. The van der Waals surface area contributed by atoms with Crippen molar-refractivity contribution in [3.05, 3.63) is 93.8 Å². The van der Waals surface area contributed by atoms with Crippen molar-refractivity contribution in [2.45, 2.75) is 30.5 Å². The number of hydrogen-bond acceptors (Lipinski definition) is 5. The second kappa shape index (κ2) is 12.7. The molecule has 0 unspecified atom stereocenters. The third kappa shape index (κ3) is 8.02. The zero-order chi connectivity index (χ0) is 27.9. The summed E-state index contributed by atoms with van der Waals surface area (Å²) in [6, 6.07) is 15.4. The predicted molar refractivity (Wildman–Crippen MR) is 137 cm³/mol. The van der Waals surface area contributed by atoms with Gasteiger partial charge in [-0.2, -0.15) is 13.2 Å². The van der Waals surface area contributed by atoms with Crippen LogP contribution in [0.2, 0.25) is 5.02 Å². The van der Waals surface area contributed by atoms with Gasteiger partial charge in [-0.25, -0.2) is 12.8 Å². The van der Waals surface area contributed by atoms with E-state index in [9.17, 15) is 30.8 Å². The Morgan fingerprint density at radius 1 is 1.03 bits per heavy atom. The molecule has 5 nitrogen and oxygen atoms in total. The normalized spacial score (nSPS) is 12.1. The van der Waals surface area contributed by atoms with E-state index >= 15 is 0 Å². The monoisotopic (exact) mass is 571 g/mol. The van der Waals surface area contributed by atoms with Crippen LogP contribution in [0.1, 0.15) is 33.5 Å². The molecule has 0 saturated carbocycles. The average molecular weight is 572 g/mol. The van der Waals surface area contributed by atoms with Crippen molar-refractivity contribution < 1.29 is 35.5 Å². The van der Waals surface area contributed by atoms with E-state index in [0.29, 0.717) is 31.5 Å². The summed E-state index contributed by atoms with van der Waals surface area (Å²) < 4.78 is 83.7. The number of ether oxygens (including phenoxy) is 1. The number of carbonyl (C=O) groups excluding carboxylic acids is 1. The summed E-state index contributed by atoms with van der Waals surface area (Å²) in [5.41, 5.74) is -0.0712. The lowest BCUT2D eigenvalue weighted by molar-refractivity contribution is -0.137. The van der Waals surface area contributed by atoms with Gasteiger partial charge in [0.15, 0.2) is 16.1 Å². The van der Waals surface area contributed by atoms with Gasteiger partial charge in [0.25, 0.3) is 0 Å². The van der Waals surface area contributed by atoms with Crippen LogP contribution in [-0.4, -0.2) is 45.6 Å².